The topological polar surface area (TPSA) is 43.0 Å². The Morgan fingerprint density at radius 2 is 0.979 bits per heavy atom. The lowest BCUT2D eigenvalue weighted by Gasteiger charge is -2.61. The van der Waals surface area contributed by atoms with Crippen molar-refractivity contribution in [1.82, 2.24) is 15.0 Å². The zero-order valence-electron chi connectivity index (χ0n) is 26.7. The van der Waals surface area contributed by atoms with Crippen molar-refractivity contribution >= 4 is 5.69 Å². The monoisotopic (exact) mass is 618 g/mol. The van der Waals surface area contributed by atoms with Crippen LogP contribution in [0.15, 0.2) is 121 Å². The molecule has 4 nitrogen and oxygen atoms in total. The van der Waals surface area contributed by atoms with Gasteiger partial charge in [0.25, 0.3) is 0 Å². The summed E-state index contributed by atoms with van der Waals surface area (Å²) in [5.41, 5.74) is 11.3. The number of fused-ring (bicyclic) bond motifs is 3. The van der Waals surface area contributed by atoms with E-state index in [0.717, 1.165) is 45.3 Å². The molecule has 1 heterocycles. The number of hydrogen-bond donors (Lipinski definition) is 0. The predicted octanol–water partition coefficient (Wildman–Crippen LogP) is 10.8. The zero-order chi connectivity index (χ0) is 31.8. The highest BCUT2D eigenvalue weighted by Gasteiger charge is 2.61. The van der Waals surface area contributed by atoms with Gasteiger partial charge in [-0.25, -0.2) is 19.8 Å². The van der Waals surface area contributed by atoms with Crippen molar-refractivity contribution in [3.8, 4) is 56.4 Å². The molecule has 4 fully saturated rings. The van der Waals surface area contributed by atoms with Crippen molar-refractivity contribution in [2.75, 3.05) is 0 Å². The van der Waals surface area contributed by atoms with Gasteiger partial charge in [0.15, 0.2) is 23.2 Å². The third-order valence-electron chi connectivity index (χ3n) is 11.9. The lowest BCUT2D eigenvalue weighted by atomic mass is 9.43. The molecule has 0 amide bonds. The highest BCUT2D eigenvalue weighted by atomic mass is 15.0. The largest absolute Gasteiger partial charge is 0.237 e. The maximum atomic E-state index is 8.26. The van der Waals surface area contributed by atoms with E-state index >= 15 is 0 Å². The maximum Gasteiger partial charge on any atom is 0.195 e. The first-order valence-corrected chi connectivity index (χ1v) is 17.3. The second-order valence-corrected chi connectivity index (χ2v) is 14.4. The normalized spacial score (nSPS) is 24.3. The molecule has 0 saturated heterocycles. The van der Waals surface area contributed by atoms with Gasteiger partial charge < -0.3 is 0 Å². The van der Waals surface area contributed by atoms with Gasteiger partial charge >= 0.3 is 0 Å². The molecule has 6 aromatic rings. The van der Waals surface area contributed by atoms with Gasteiger partial charge in [-0.05, 0) is 95.2 Å². The van der Waals surface area contributed by atoms with E-state index in [4.69, 9.17) is 21.5 Å². The summed E-state index contributed by atoms with van der Waals surface area (Å²) in [6, 6.07) is 42.4. The van der Waals surface area contributed by atoms with E-state index in [9.17, 15) is 0 Å². The van der Waals surface area contributed by atoms with Crippen molar-refractivity contribution in [3.63, 3.8) is 0 Å². The summed E-state index contributed by atoms with van der Waals surface area (Å²) < 4.78 is 0. The van der Waals surface area contributed by atoms with Crippen LogP contribution in [-0.4, -0.2) is 15.0 Å². The Hall–Kier alpha value is -5.40. The van der Waals surface area contributed by atoms with Crippen molar-refractivity contribution in [1.29, 1.82) is 0 Å². The van der Waals surface area contributed by atoms with E-state index in [-0.39, 0.29) is 5.41 Å². The molecular formula is C44H34N4. The Morgan fingerprint density at radius 1 is 0.479 bits per heavy atom. The van der Waals surface area contributed by atoms with Crippen LogP contribution in [0.3, 0.4) is 0 Å². The molecule has 0 unspecified atom stereocenters. The van der Waals surface area contributed by atoms with Crippen LogP contribution < -0.4 is 0 Å². The molecule has 1 aromatic heterocycles. The van der Waals surface area contributed by atoms with Gasteiger partial charge in [0.2, 0.25) is 0 Å². The summed E-state index contributed by atoms with van der Waals surface area (Å²) in [5, 5.41) is 0. The minimum atomic E-state index is 0.0706. The van der Waals surface area contributed by atoms with Gasteiger partial charge in [0.05, 0.1) is 6.57 Å². The Morgan fingerprint density at radius 3 is 1.54 bits per heavy atom. The fourth-order valence-corrected chi connectivity index (χ4v) is 10.2. The van der Waals surface area contributed by atoms with Crippen molar-refractivity contribution in [2.24, 2.45) is 23.7 Å². The number of aromatic nitrogens is 3. The Balaban J connectivity index is 1.09. The SMILES string of the molecule is [C-]#[N+]c1cc2c(cc1-c1ccc(-c3nc(-c4ccccc4)nc(-c4ccccc4)n3)cc1)C1(c3ccccc3-2)C2CC3CC(C2)CC1C3. The first-order chi connectivity index (χ1) is 23.7. The second kappa shape index (κ2) is 10.6. The fourth-order valence-electron chi connectivity index (χ4n) is 10.2. The van der Waals surface area contributed by atoms with E-state index in [1.165, 1.54) is 54.4 Å². The highest BCUT2D eigenvalue weighted by Crippen LogP contribution is 2.69. The molecule has 4 bridgehead atoms. The molecule has 1 spiro atoms. The van der Waals surface area contributed by atoms with E-state index in [0.29, 0.717) is 29.3 Å². The molecule has 48 heavy (non-hydrogen) atoms. The van der Waals surface area contributed by atoms with Gasteiger partial charge in [-0.2, -0.15) is 0 Å². The van der Waals surface area contributed by atoms with Gasteiger partial charge in [0.1, 0.15) is 0 Å². The molecule has 4 saturated carbocycles. The Labute approximate surface area is 281 Å². The smallest absolute Gasteiger partial charge is 0.195 e. The third kappa shape index (κ3) is 4.04. The first-order valence-electron chi connectivity index (χ1n) is 17.3. The summed E-state index contributed by atoms with van der Waals surface area (Å²) in [7, 11) is 0. The molecule has 5 aromatic carbocycles. The Kier molecular flexibility index (Phi) is 6.09. The summed E-state index contributed by atoms with van der Waals surface area (Å²) in [5.74, 6) is 5.10. The minimum absolute atomic E-state index is 0.0706. The minimum Gasteiger partial charge on any atom is -0.237 e. The van der Waals surface area contributed by atoms with Crippen LogP contribution in [-0.2, 0) is 5.41 Å². The number of rotatable bonds is 4. The van der Waals surface area contributed by atoms with Gasteiger partial charge in [-0.1, -0.05) is 115 Å². The number of nitrogens with zero attached hydrogens (tertiary/aromatic N) is 4. The molecule has 0 atom stereocenters. The van der Waals surface area contributed by atoms with E-state index < -0.39 is 0 Å². The van der Waals surface area contributed by atoms with E-state index in [1.807, 2.05) is 60.7 Å². The van der Waals surface area contributed by atoms with Crippen LogP contribution in [0.1, 0.15) is 43.2 Å². The van der Waals surface area contributed by atoms with Crippen LogP contribution in [0.5, 0.6) is 0 Å². The van der Waals surface area contributed by atoms with Crippen molar-refractivity contribution in [3.05, 3.63) is 144 Å². The lowest BCUT2D eigenvalue weighted by molar-refractivity contribution is -0.0399. The van der Waals surface area contributed by atoms with Crippen LogP contribution in [0, 0.1) is 30.2 Å². The van der Waals surface area contributed by atoms with Crippen LogP contribution in [0.4, 0.5) is 5.69 Å². The van der Waals surface area contributed by atoms with Crippen LogP contribution in [0.2, 0.25) is 0 Å². The van der Waals surface area contributed by atoms with Crippen LogP contribution in [0.25, 0.3) is 61.3 Å². The quantitative estimate of drug-likeness (QED) is 0.185. The molecule has 11 rings (SSSR count). The van der Waals surface area contributed by atoms with Gasteiger partial charge in [-0.3, -0.25) is 0 Å². The molecule has 5 aliphatic rings. The van der Waals surface area contributed by atoms with Gasteiger partial charge in [0, 0.05) is 22.1 Å². The fraction of sp³-hybridized carbons (Fsp3) is 0.227. The molecule has 0 aliphatic heterocycles. The van der Waals surface area contributed by atoms with Crippen molar-refractivity contribution in [2.45, 2.75) is 37.5 Å². The van der Waals surface area contributed by atoms with E-state index in [2.05, 4.69) is 65.5 Å². The van der Waals surface area contributed by atoms with Crippen LogP contribution >= 0.6 is 0 Å². The highest BCUT2D eigenvalue weighted by molar-refractivity contribution is 5.91. The molecule has 0 radical (unpaired) electrons. The summed E-state index contributed by atoms with van der Waals surface area (Å²) in [6.07, 6.45) is 6.82. The molecule has 0 N–H and O–H groups in total. The molecule has 230 valence electrons. The van der Waals surface area contributed by atoms with Crippen molar-refractivity contribution < 1.29 is 0 Å². The first kappa shape index (κ1) is 27.7. The Bertz CT molecular complexity index is 2160. The average molecular weight is 619 g/mol. The predicted molar refractivity (Wildman–Crippen MR) is 191 cm³/mol. The summed E-state index contributed by atoms with van der Waals surface area (Å²) in [4.78, 5) is 18.8. The molecule has 5 aliphatic carbocycles. The lowest BCUT2D eigenvalue weighted by Crippen LogP contribution is -2.55. The summed E-state index contributed by atoms with van der Waals surface area (Å²) >= 11 is 0. The molecule has 4 heteroatoms. The standard InChI is InChI=1S/C44H34N4/c1-45-40-26-37-35-14-8-9-15-38(35)44(33-21-27-20-28(23-33)24-34(44)22-27)39(37)25-36(40)29-16-18-32(19-17-29)43-47-41(30-10-4-2-5-11-30)46-42(48-43)31-12-6-3-7-13-31/h2-19,25-28,33-34H,20-24H2. The molecular weight excluding hydrogens is 585 g/mol. The van der Waals surface area contributed by atoms with Gasteiger partial charge in [-0.15, -0.1) is 0 Å². The maximum absolute atomic E-state index is 8.26. The number of hydrogen-bond acceptors (Lipinski definition) is 3. The second-order valence-electron chi connectivity index (χ2n) is 14.4. The number of benzene rings is 5. The third-order valence-corrected chi connectivity index (χ3v) is 11.9. The summed E-state index contributed by atoms with van der Waals surface area (Å²) in [6.45, 7) is 8.26. The van der Waals surface area contributed by atoms with E-state index in [1.54, 1.807) is 0 Å². The zero-order valence-corrected chi connectivity index (χ0v) is 26.7. The average Bonchev–Trinajstić information content (AvgIpc) is 3.43.